The summed E-state index contributed by atoms with van der Waals surface area (Å²) in [5.41, 5.74) is 4.86. The van der Waals surface area contributed by atoms with Crippen LogP contribution in [0.2, 0.25) is 0 Å². The second-order valence-electron chi connectivity index (χ2n) is 8.64. The number of hydrogen-bond donors (Lipinski definition) is 0. The first-order valence-electron chi connectivity index (χ1n) is 9.42. The van der Waals surface area contributed by atoms with Crippen molar-refractivity contribution < 1.29 is 14.3 Å². The highest BCUT2D eigenvalue weighted by atomic mass is 16.7. The number of aryl methyl sites for hydroxylation is 2. The maximum Gasteiger partial charge on any atom is 0.169 e. The fourth-order valence-electron chi connectivity index (χ4n) is 6.26. The summed E-state index contributed by atoms with van der Waals surface area (Å²) in [6.45, 7) is 8.60. The standard InChI is InChI=1S/C21H26O3/c1-10(2)23-20-21-8-7-13-6-5-11(3)15-16(13)18(21)17(19(15)22)14(24-20)9-12(21)4/h5-6,10,12,14,17-18,20H,7-9H2,1-4H3/t12?,14-,17+,18+,20+,21+/m0/s1. The van der Waals surface area contributed by atoms with Gasteiger partial charge in [-0.25, -0.2) is 0 Å². The van der Waals surface area contributed by atoms with Crippen LogP contribution in [0.5, 0.6) is 0 Å². The van der Waals surface area contributed by atoms with Gasteiger partial charge in [-0.15, -0.1) is 0 Å². The SMILES string of the molecule is Cc1ccc2c3c1C(=O)[C@@H]1[C@@H]4CC(C)[C@@](CC2)([C@H](OC(C)C)O4)[C@H]31. The molecule has 1 spiro atoms. The Balaban J connectivity index is 1.74. The molecule has 24 heavy (non-hydrogen) atoms. The molecule has 0 aromatic heterocycles. The van der Waals surface area contributed by atoms with Gasteiger partial charge in [-0.2, -0.15) is 0 Å². The van der Waals surface area contributed by atoms with Gasteiger partial charge in [-0.3, -0.25) is 4.79 Å². The van der Waals surface area contributed by atoms with Gasteiger partial charge in [0.25, 0.3) is 0 Å². The molecular formula is C21H26O3. The van der Waals surface area contributed by atoms with Gasteiger partial charge in [-0.05, 0) is 62.6 Å². The lowest BCUT2D eigenvalue weighted by Crippen LogP contribution is -2.64. The predicted octanol–water partition coefficient (Wildman–Crippen LogP) is 4.01. The zero-order valence-electron chi connectivity index (χ0n) is 15.0. The molecule has 2 heterocycles. The van der Waals surface area contributed by atoms with Crippen LogP contribution in [0.15, 0.2) is 12.1 Å². The third kappa shape index (κ3) is 1.58. The van der Waals surface area contributed by atoms with Crippen LogP contribution >= 0.6 is 0 Å². The van der Waals surface area contributed by atoms with Gasteiger partial charge in [0.2, 0.25) is 0 Å². The highest BCUT2D eigenvalue weighted by Crippen LogP contribution is 2.68. The summed E-state index contributed by atoms with van der Waals surface area (Å²) in [5, 5.41) is 0. The van der Waals surface area contributed by atoms with Crippen molar-refractivity contribution in [1.82, 2.24) is 0 Å². The Kier molecular flexibility index (Phi) is 2.96. The van der Waals surface area contributed by atoms with E-state index in [9.17, 15) is 4.79 Å². The van der Waals surface area contributed by atoms with Crippen LogP contribution in [-0.4, -0.2) is 24.3 Å². The van der Waals surface area contributed by atoms with E-state index in [1.54, 1.807) is 0 Å². The van der Waals surface area contributed by atoms with Crippen molar-refractivity contribution in [3.05, 3.63) is 34.4 Å². The highest BCUT2D eigenvalue weighted by molar-refractivity contribution is 6.05. The van der Waals surface area contributed by atoms with Crippen LogP contribution in [-0.2, 0) is 15.9 Å². The van der Waals surface area contributed by atoms with Gasteiger partial charge < -0.3 is 9.47 Å². The second kappa shape index (κ2) is 4.70. The highest BCUT2D eigenvalue weighted by Gasteiger charge is 2.69. The van der Waals surface area contributed by atoms with E-state index in [4.69, 9.17) is 9.47 Å². The van der Waals surface area contributed by atoms with Gasteiger partial charge in [0, 0.05) is 16.9 Å². The Morgan fingerprint density at radius 3 is 2.88 bits per heavy atom. The third-order valence-corrected chi connectivity index (χ3v) is 7.21. The molecule has 1 unspecified atom stereocenters. The molecule has 3 aliphatic carbocycles. The molecule has 0 amide bonds. The minimum Gasteiger partial charge on any atom is -0.349 e. The number of carbonyl (C=O) groups excluding carboxylic acids is 1. The van der Waals surface area contributed by atoms with Gasteiger partial charge >= 0.3 is 0 Å². The van der Waals surface area contributed by atoms with E-state index in [2.05, 4.69) is 39.8 Å². The largest absolute Gasteiger partial charge is 0.349 e. The van der Waals surface area contributed by atoms with E-state index >= 15 is 0 Å². The zero-order chi connectivity index (χ0) is 16.8. The molecular weight excluding hydrogens is 300 g/mol. The molecule has 0 radical (unpaired) electrons. The maximum atomic E-state index is 13.3. The average Bonchev–Trinajstić information content (AvgIpc) is 2.84. The van der Waals surface area contributed by atoms with Gasteiger partial charge in [0.15, 0.2) is 12.1 Å². The van der Waals surface area contributed by atoms with Crippen LogP contribution in [0.25, 0.3) is 0 Å². The first kappa shape index (κ1) is 15.1. The van der Waals surface area contributed by atoms with Crippen molar-refractivity contribution >= 4 is 5.78 Å². The zero-order valence-corrected chi connectivity index (χ0v) is 15.0. The Labute approximate surface area is 143 Å². The van der Waals surface area contributed by atoms with E-state index in [0.717, 1.165) is 30.4 Å². The normalized spacial score (nSPS) is 41.9. The summed E-state index contributed by atoms with van der Waals surface area (Å²) >= 11 is 0. The molecule has 2 aliphatic heterocycles. The first-order valence-corrected chi connectivity index (χ1v) is 9.42. The fourth-order valence-corrected chi connectivity index (χ4v) is 6.26. The number of ether oxygens (including phenoxy) is 2. The molecule has 3 heteroatoms. The monoisotopic (exact) mass is 326 g/mol. The minimum absolute atomic E-state index is 0.0147. The lowest BCUT2D eigenvalue weighted by molar-refractivity contribution is -0.331. The van der Waals surface area contributed by atoms with E-state index in [1.807, 2.05) is 0 Å². The Morgan fingerprint density at radius 1 is 1.33 bits per heavy atom. The van der Waals surface area contributed by atoms with Crippen LogP contribution in [0, 0.1) is 24.2 Å². The Morgan fingerprint density at radius 2 is 2.12 bits per heavy atom. The molecule has 6 rings (SSSR count). The number of rotatable bonds is 2. The van der Waals surface area contributed by atoms with Gasteiger partial charge in [0.1, 0.15) is 0 Å². The number of hydrogen-bond acceptors (Lipinski definition) is 3. The fraction of sp³-hybridized carbons (Fsp3) is 0.667. The Bertz CT molecular complexity index is 737. The number of carbonyl (C=O) groups is 1. The van der Waals surface area contributed by atoms with E-state index in [1.165, 1.54) is 11.1 Å². The average molecular weight is 326 g/mol. The number of ketones is 1. The number of fused-ring (bicyclic) bond motifs is 2. The molecule has 128 valence electrons. The van der Waals surface area contributed by atoms with Crippen molar-refractivity contribution in [2.24, 2.45) is 17.3 Å². The summed E-state index contributed by atoms with van der Waals surface area (Å²) in [6.07, 6.45) is 3.09. The van der Waals surface area contributed by atoms with Crippen LogP contribution < -0.4 is 0 Å². The molecule has 1 saturated carbocycles. The smallest absolute Gasteiger partial charge is 0.169 e. The second-order valence-corrected chi connectivity index (χ2v) is 8.64. The molecule has 5 aliphatic rings. The number of Topliss-reactive ketones (excluding diaryl/α,β-unsaturated/α-hetero) is 1. The topological polar surface area (TPSA) is 35.5 Å². The summed E-state index contributed by atoms with van der Waals surface area (Å²) in [6, 6.07) is 4.39. The van der Waals surface area contributed by atoms with E-state index in [0.29, 0.717) is 17.6 Å². The maximum absolute atomic E-state index is 13.3. The van der Waals surface area contributed by atoms with Crippen molar-refractivity contribution in [3.63, 3.8) is 0 Å². The summed E-state index contributed by atoms with van der Waals surface area (Å²) in [7, 11) is 0. The van der Waals surface area contributed by atoms with E-state index < -0.39 is 0 Å². The first-order chi connectivity index (χ1) is 11.4. The molecule has 1 aromatic carbocycles. The molecule has 2 bridgehead atoms. The molecule has 6 atom stereocenters. The van der Waals surface area contributed by atoms with Gasteiger partial charge in [-0.1, -0.05) is 19.1 Å². The third-order valence-electron chi connectivity index (χ3n) is 7.21. The predicted molar refractivity (Wildman–Crippen MR) is 91.2 cm³/mol. The van der Waals surface area contributed by atoms with Crippen LogP contribution in [0.4, 0.5) is 0 Å². The van der Waals surface area contributed by atoms with Crippen molar-refractivity contribution in [1.29, 1.82) is 0 Å². The molecule has 0 N–H and O–H groups in total. The van der Waals surface area contributed by atoms with Crippen LogP contribution in [0.1, 0.15) is 66.6 Å². The molecule has 1 aromatic rings. The molecule has 3 fully saturated rings. The lowest BCUT2D eigenvalue weighted by Gasteiger charge is -2.62. The van der Waals surface area contributed by atoms with Gasteiger partial charge in [0.05, 0.1) is 18.1 Å². The lowest BCUT2D eigenvalue weighted by atomic mass is 9.49. The Hall–Kier alpha value is -1.19. The quantitative estimate of drug-likeness (QED) is 0.823. The van der Waals surface area contributed by atoms with Crippen molar-refractivity contribution in [3.8, 4) is 0 Å². The number of benzene rings is 1. The summed E-state index contributed by atoms with van der Waals surface area (Å²) < 4.78 is 12.7. The molecule has 2 saturated heterocycles. The summed E-state index contributed by atoms with van der Waals surface area (Å²) in [5.74, 6) is 1.19. The van der Waals surface area contributed by atoms with Crippen LogP contribution in [0.3, 0.4) is 0 Å². The molecule has 3 nitrogen and oxygen atoms in total. The van der Waals surface area contributed by atoms with Crippen molar-refractivity contribution in [2.45, 2.75) is 71.4 Å². The minimum atomic E-state index is -0.167. The van der Waals surface area contributed by atoms with E-state index in [-0.39, 0.29) is 29.8 Å². The summed E-state index contributed by atoms with van der Waals surface area (Å²) in [4.78, 5) is 13.3. The van der Waals surface area contributed by atoms with Crippen molar-refractivity contribution in [2.75, 3.05) is 0 Å².